The summed E-state index contributed by atoms with van der Waals surface area (Å²) in [7, 11) is 1.21. The Hall–Kier alpha value is -1.54. The number of carbonyl (C=O) groups is 1. The van der Waals surface area contributed by atoms with Crippen LogP contribution in [0.2, 0.25) is 0 Å². The molecule has 0 radical (unpaired) electrons. The van der Waals surface area contributed by atoms with Crippen LogP contribution in [0.25, 0.3) is 0 Å². The molecule has 0 aliphatic heterocycles. The third-order valence-electron chi connectivity index (χ3n) is 6.31. The molecule has 0 saturated carbocycles. The van der Waals surface area contributed by atoms with E-state index < -0.39 is 26.6 Å². The number of unbranched alkanes of at least 4 members (excludes halogenated alkanes) is 8. The minimum absolute atomic E-state index is 0.0129. The van der Waals surface area contributed by atoms with Crippen molar-refractivity contribution in [3.8, 4) is 0 Å². The van der Waals surface area contributed by atoms with Crippen molar-refractivity contribution >= 4 is 13.7 Å². The van der Waals surface area contributed by atoms with E-state index in [1.54, 1.807) is 6.08 Å². The van der Waals surface area contributed by atoms with E-state index >= 15 is 0 Å². The lowest BCUT2D eigenvalue weighted by Gasteiger charge is -2.29. The Morgan fingerprint density at radius 2 is 1.46 bits per heavy atom. The van der Waals surface area contributed by atoms with E-state index in [0.717, 1.165) is 70.6 Å². The maximum absolute atomic E-state index is 12.6. The molecule has 41 heavy (non-hydrogen) atoms. The summed E-state index contributed by atoms with van der Waals surface area (Å²) in [6.45, 7) is 4.25. The highest BCUT2D eigenvalue weighted by Gasteiger charge is 2.23. The first kappa shape index (κ1) is 39.5. The second kappa shape index (κ2) is 25.0. The predicted octanol–water partition coefficient (Wildman–Crippen LogP) is 6.38. The lowest BCUT2D eigenvalue weighted by molar-refractivity contribution is -0.870. The average molecular weight is 599 g/mol. The van der Waals surface area contributed by atoms with Gasteiger partial charge in [-0.25, -0.2) is 0 Å². The van der Waals surface area contributed by atoms with Gasteiger partial charge in [0.25, 0.3) is 7.82 Å². The molecule has 9 heteroatoms. The number of aliphatic hydroxyl groups is 1. The normalized spacial score (nSPS) is 15.8. The molecule has 8 nitrogen and oxygen atoms in total. The Morgan fingerprint density at radius 1 is 0.878 bits per heavy atom. The van der Waals surface area contributed by atoms with Crippen molar-refractivity contribution in [1.82, 2.24) is 5.32 Å². The third kappa shape index (κ3) is 27.1. The molecule has 3 unspecified atom stereocenters. The monoisotopic (exact) mass is 598 g/mol. The van der Waals surface area contributed by atoms with Gasteiger partial charge in [0.1, 0.15) is 13.2 Å². The molecule has 3 atom stereocenters. The molecule has 0 heterocycles. The fourth-order valence-electron chi connectivity index (χ4n) is 3.78. The number of hydrogen-bond donors (Lipinski definition) is 2. The number of likely N-dealkylation sites (N-methyl/N-ethyl adjacent to an activating group) is 1. The third-order valence-corrected chi connectivity index (χ3v) is 7.28. The molecule has 0 rings (SSSR count). The number of hydrogen-bond acceptors (Lipinski definition) is 6. The van der Waals surface area contributed by atoms with Crippen LogP contribution in [-0.4, -0.2) is 68.5 Å². The summed E-state index contributed by atoms with van der Waals surface area (Å²) < 4.78 is 22.9. The van der Waals surface area contributed by atoms with E-state index in [-0.39, 0.29) is 12.5 Å². The van der Waals surface area contributed by atoms with Crippen LogP contribution in [0.4, 0.5) is 0 Å². The van der Waals surface area contributed by atoms with Crippen LogP contribution in [-0.2, 0) is 18.4 Å². The number of rotatable bonds is 26. The van der Waals surface area contributed by atoms with Gasteiger partial charge in [0.05, 0.1) is 39.9 Å². The second-order valence-electron chi connectivity index (χ2n) is 11.4. The minimum Gasteiger partial charge on any atom is -0.756 e. The van der Waals surface area contributed by atoms with Gasteiger partial charge in [-0.15, -0.1) is 0 Å². The lowest BCUT2D eigenvalue weighted by Crippen LogP contribution is -2.45. The SMILES string of the molecule is C/C=C/CC/C=C/CC/C=C/C(O)C(COP(=O)([O-])OCC[N+](C)(C)C)NC(=O)CCCCCCC/C=C\CCC. The number of aliphatic hydroxyl groups excluding tert-OH is 1. The Balaban J connectivity index is 4.75. The Labute approximate surface area is 250 Å². The summed E-state index contributed by atoms with van der Waals surface area (Å²) in [5.41, 5.74) is 0. The summed E-state index contributed by atoms with van der Waals surface area (Å²) >= 11 is 0. The number of nitrogens with zero attached hydrogens (tertiary/aromatic N) is 1. The van der Waals surface area contributed by atoms with Crippen LogP contribution < -0.4 is 10.2 Å². The molecule has 2 N–H and O–H groups in total. The topological polar surface area (TPSA) is 108 Å². The predicted molar refractivity (Wildman–Crippen MR) is 168 cm³/mol. The fraction of sp³-hybridized carbons (Fsp3) is 0.719. The Morgan fingerprint density at radius 3 is 2.12 bits per heavy atom. The van der Waals surface area contributed by atoms with Gasteiger partial charge in [-0.3, -0.25) is 9.36 Å². The number of nitrogens with one attached hydrogen (secondary N) is 1. The van der Waals surface area contributed by atoms with Crippen molar-refractivity contribution < 1.29 is 32.9 Å². The fourth-order valence-corrected chi connectivity index (χ4v) is 4.50. The number of amides is 1. The smallest absolute Gasteiger partial charge is 0.268 e. The molecule has 0 fully saturated rings. The lowest BCUT2D eigenvalue weighted by atomic mass is 10.1. The molecule has 0 aromatic heterocycles. The molecule has 0 aromatic carbocycles. The first-order valence-corrected chi connectivity index (χ1v) is 16.9. The molecule has 0 bridgehead atoms. The highest BCUT2D eigenvalue weighted by atomic mass is 31.2. The molecule has 0 aliphatic carbocycles. The van der Waals surface area contributed by atoms with Crippen molar-refractivity contribution in [2.24, 2.45) is 0 Å². The molecule has 0 aliphatic rings. The zero-order valence-corrected chi connectivity index (χ0v) is 27.4. The van der Waals surface area contributed by atoms with Gasteiger partial charge < -0.3 is 28.8 Å². The van der Waals surface area contributed by atoms with Crippen molar-refractivity contribution in [3.05, 3.63) is 48.6 Å². The summed E-state index contributed by atoms with van der Waals surface area (Å²) in [6.07, 6.45) is 27.6. The molecule has 0 spiro atoms. The van der Waals surface area contributed by atoms with Crippen LogP contribution in [0.1, 0.15) is 97.3 Å². The number of phosphoric acid groups is 1. The maximum atomic E-state index is 12.6. The summed E-state index contributed by atoms with van der Waals surface area (Å²) in [5.74, 6) is -0.232. The van der Waals surface area contributed by atoms with Crippen molar-refractivity contribution in [2.75, 3.05) is 40.9 Å². The summed E-state index contributed by atoms with van der Waals surface area (Å²) in [4.78, 5) is 24.9. The van der Waals surface area contributed by atoms with E-state index in [4.69, 9.17) is 9.05 Å². The highest BCUT2D eigenvalue weighted by molar-refractivity contribution is 7.45. The molecule has 1 amide bonds. The van der Waals surface area contributed by atoms with E-state index in [1.807, 2.05) is 40.2 Å². The van der Waals surface area contributed by atoms with Gasteiger partial charge in [-0.2, -0.15) is 0 Å². The van der Waals surface area contributed by atoms with Gasteiger partial charge in [0.2, 0.25) is 5.91 Å². The highest BCUT2D eigenvalue weighted by Crippen LogP contribution is 2.38. The summed E-state index contributed by atoms with van der Waals surface area (Å²) in [5, 5.41) is 13.5. The minimum atomic E-state index is -4.58. The number of quaternary nitrogens is 1. The molecular formula is C32H59N2O6P. The van der Waals surface area contributed by atoms with Crippen LogP contribution >= 0.6 is 7.82 Å². The van der Waals surface area contributed by atoms with Gasteiger partial charge in [0, 0.05) is 6.42 Å². The number of phosphoric ester groups is 1. The number of allylic oxidation sites excluding steroid dienone is 7. The zero-order chi connectivity index (χ0) is 30.8. The van der Waals surface area contributed by atoms with Gasteiger partial charge in [-0.1, -0.05) is 81.2 Å². The van der Waals surface area contributed by atoms with Gasteiger partial charge in [0.15, 0.2) is 0 Å². The molecule has 0 saturated heterocycles. The van der Waals surface area contributed by atoms with Crippen molar-refractivity contribution in [3.63, 3.8) is 0 Å². The first-order valence-electron chi connectivity index (χ1n) is 15.5. The Bertz CT molecular complexity index is 819. The quantitative estimate of drug-likeness (QED) is 0.0518. The molecule has 238 valence electrons. The molecular weight excluding hydrogens is 539 g/mol. The van der Waals surface area contributed by atoms with Crippen molar-refractivity contribution in [2.45, 2.75) is 109 Å². The average Bonchev–Trinajstić information content (AvgIpc) is 2.90. The number of carbonyl (C=O) groups excluding carboxylic acids is 1. The second-order valence-corrected chi connectivity index (χ2v) is 12.9. The van der Waals surface area contributed by atoms with Crippen LogP contribution in [0.15, 0.2) is 48.6 Å². The van der Waals surface area contributed by atoms with Crippen LogP contribution in [0.3, 0.4) is 0 Å². The van der Waals surface area contributed by atoms with Crippen LogP contribution in [0, 0.1) is 0 Å². The van der Waals surface area contributed by atoms with Gasteiger partial charge >= 0.3 is 0 Å². The Kier molecular flexibility index (Phi) is 24.1. The maximum Gasteiger partial charge on any atom is 0.268 e. The van der Waals surface area contributed by atoms with Gasteiger partial charge in [-0.05, 0) is 58.3 Å². The van der Waals surface area contributed by atoms with E-state index in [1.165, 1.54) is 6.42 Å². The standard InChI is InChI=1S/C32H59N2O6P/c1-6-8-10-12-14-16-18-20-22-24-26-32(36)33-30(29-40-41(37,38)39-28-27-34(3,4)5)31(35)25-23-21-19-17-15-13-11-9-7-2/h7,9-10,12,15,17,23,25,30-31,35H,6,8,11,13-14,16,18-22,24,26-29H2,1-5H3,(H-,33,36,37,38)/b9-7+,12-10-,17-15+,25-23+. The molecule has 0 aromatic rings. The van der Waals surface area contributed by atoms with Crippen molar-refractivity contribution in [1.29, 1.82) is 0 Å². The zero-order valence-electron chi connectivity index (χ0n) is 26.5. The van der Waals surface area contributed by atoms with E-state index in [0.29, 0.717) is 17.4 Å². The van der Waals surface area contributed by atoms with Crippen LogP contribution in [0.5, 0.6) is 0 Å². The summed E-state index contributed by atoms with van der Waals surface area (Å²) in [6, 6.07) is -0.908. The first-order chi connectivity index (χ1) is 19.5. The largest absolute Gasteiger partial charge is 0.756 e. The van der Waals surface area contributed by atoms with E-state index in [2.05, 4.69) is 42.6 Å². The van der Waals surface area contributed by atoms with E-state index in [9.17, 15) is 19.4 Å².